The smallest absolute Gasteiger partial charge is 0.239 e. The molecular weight excluding hydrogens is 324 g/mol. The molecule has 0 saturated heterocycles. The van der Waals surface area contributed by atoms with Crippen LogP contribution in [0.4, 0.5) is 5.82 Å². The number of nitrogens with zero attached hydrogens (tertiary/aromatic N) is 4. The fourth-order valence-corrected chi connectivity index (χ4v) is 2.97. The lowest BCUT2D eigenvalue weighted by Crippen LogP contribution is -2.31. The van der Waals surface area contributed by atoms with Crippen LogP contribution < -0.4 is 10.6 Å². The number of aryl methyl sites for hydroxylation is 1. The van der Waals surface area contributed by atoms with E-state index in [1.807, 2.05) is 35.4 Å². The molecule has 0 bridgehead atoms. The summed E-state index contributed by atoms with van der Waals surface area (Å²) in [6.07, 6.45) is 5.49. The van der Waals surface area contributed by atoms with E-state index in [4.69, 9.17) is 0 Å². The van der Waals surface area contributed by atoms with E-state index >= 15 is 0 Å². The Balaban J connectivity index is 1.43. The van der Waals surface area contributed by atoms with Gasteiger partial charge in [-0.25, -0.2) is 4.68 Å². The quantitative estimate of drug-likeness (QED) is 0.610. The van der Waals surface area contributed by atoms with Gasteiger partial charge < -0.3 is 10.6 Å². The minimum Gasteiger partial charge on any atom is -0.310 e. The summed E-state index contributed by atoms with van der Waals surface area (Å²) in [7, 11) is 0. The van der Waals surface area contributed by atoms with Crippen LogP contribution in [0.5, 0.6) is 0 Å². The van der Waals surface area contributed by atoms with Gasteiger partial charge in [0.2, 0.25) is 5.91 Å². The second-order valence-electron chi connectivity index (χ2n) is 5.46. The highest BCUT2D eigenvalue weighted by atomic mass is 32.1. The van der Waals surface area contributed by atoms with Crippen LogP contribution in [0, 0.1) is 6.92 Å². The van der Waals surface area contributed by atoms with Gasteiger partial charge in [0, 0.05) is 23.7 Å². The van der Waals surface area contributed by atoms with E-state index in [-0.39, 0.29) is 12.5 Å². The molecule has 3 heterocycles. The van der Waals surface area contributed by atoms with Crippen molar-refractivity contribution in [1.82, 2.24) is 24.9 Å². The zero-order valence-electron chi connectivity index (χ0n) is 13.5. The molecule has 0 unspecified atom stereocenters. The maximum Gasteiger partial charge on any atom is 0.239 e. The average Bonchev–Trinajstić information content (AvgIpc) is 3.29. The number of carbonyl (C=O) groups excluding carboxylic acids is 1. The fourth-order valence-electron chi connectivity index (χ4n) is 2.29. The molecule has 2 N–H and O–H groups in total. The van der Waals surface area contributed by atoms with Crippen LogP contribution in [0.25, 0.3) is 0 Å². The van der Waals surface area contributed by atoms with E-state index in [9.17, 15) is 4.79 Å². The maximum absolute atomic E-state index is 12.0. The first-order chi connectivity index (χ1) is 11.7. The lowest BCUT2D eigenvalue weighted by molar-refractivity contribution is -0.115. The summed E-state index contributed by atoms with van der Waals surface area (Å²) in [5.41, 5.74) is 1.13. The third-order valence-corrected chi connectivity index (χ3v) is 4.30. The summed E-state index contributed by atoms with van der Waals surface area (Å²) in [5, 5.41) is 16.5. The molecule has 0 aliphatic heterocycles. The number of thiophene rings is 1. The minimum atomic E-state index is -0.0837. The van der Waals surface area contributed by atoms with Crippen molar-refractivity contribution in [3.05, 3.63) is 52.6 Å². The van der Waals surface area contributed by atoms with Crippen LogP contribution >= 0.6 is 11.3 Å². The zero-order chi connectivity index (χ0) is 16.8. The van der Waals surface area contributed by atoms with Crippen molar-refractivity contribution >= 4 is 23.1 Å². The average molecular weight is 344 g/mol. The molecule has 24 heavy (non-hydrogen) atoms. The van der Waals surface area contributed by atoms with Crippen LogP contribution in [-0.2, 0) is 17.9 Å². The van der Waals surface area contributed by atoms with Gasteiger partial charge in [-0.3, -0.25) is 9.48 Å². The number of hydrogen-bond donors (Lipinski definition) is 2. The first kappa shape index (κ1) is 16.4. The molecule has 0 radical (unpaired) electrons. The van der Waals surface area contributed by atoms with Crippen molar-refractivity contribution in [2.24, 2.45) is 0 Å². The van der Waals surface area contributed by atoms with E-state index in [1.54, 1.807) is 28.3 Å². The minimum absolute atomic E-state index is 0.0837. The molecule has 3 rings (SSSR count). The first-order valence-electron chi connectivity index (χ1n) is 7.74. The lowest BCUT2D eigenvalue weighted by Gasteiger charge is -2.09. The summed E-state index contributed by atoms with van der Waals surface area (Å²) in [5.74, 6) is 0.623. The Hall–Kier alpha value is -2.45. The van der Waals surface area contributed by atoms with Crippen LogP contribution in [0.1, 0.15) is 10.4 Å². The van der Waals surface area contributed by atoms with Crippen molar-refractivity contribution in [3.63, 3.8) is 0 Å². The van der Waals surface area contributed by atoms with Gasteiger partial charge in [-0.05, 0) is 23.9 Å². The van der Waals surface area contributed by atoms with Gasteiger partial charge in [-0.2, -0.15) is 10.2 Å². The second-order valence-corrected chi connectivity index (χ2v) is 6.49. The summed E-state index contributed by atoms with van der Waals surface area (Å²) >= 11 is 1.67. The van der Waals surface area contributed by atoms with Crippen LogP contribution in [0.2, 0.25) is 0 Å². The van der Waals surface area contributed by atoms with Gasteiger partial charge in [-0.15, -0.1) is 11.3 Å². The summed E-state index contributed by atoms with van der Waals surface area (Å²) < 4.78 is 3.65. The van der Waals surface area contributed by atoms with Crippen molar-refractivity contribution in [3.8, 4) is 0 Å². The standard InChI is InChI=1S/C16H20N6OS/c1-13-9-19-21(11-13)7-6-17-10-16(23)20-15-4-5-18-22(15)12-14-3-2-8-24-14/h2-5,8-9,11,17H,6-7,10,12H2,1H3,(H,20,23). The van der Waals surface area contributed by atoms with Gasteiger partial charge in [0.15, 0.2) is 0 Å². The Kier molecular flexibility index (Phi) is 5.39. The predicted octanol–water partition coefficient (Wildman–Crippen LogP) is 1.73. The SMILES string of the molecule is Cc1cnn(CCNCC(=O)Nc2ccnn2Cc2cccs2)c1. The molecule has 3 aromatic heterocycles. The lowest BCUT2D eigenvalue weighted by atomic mass is 10.4. The monoisotopic (exact) mass is 344 g/mol. The third kappa shape index (κ3) is 4.53. The highest BCUT2D eigenvalue weighted by Gasteiger charge is 2.08. The topological polar surface area (TPSA) is 76.8 Å². The molecule has 0 aliphatic rings. The Labute approximate surface area is 144 Å². The molecule has 8 heteroatoms. The third-order valence-electron chi connectivity index (χ3n) is 3.44. The number of rotatable bonds is 8. The molecule has 0 aromatic carbocycles. The van der Waals surface area contributed by atoms with Crippen molar-refractivity contribution < 1.29 is 4.79 Å². The van der Waals surface area contributed by atoms with Crippen LogP contribution in [0.3, 0.4) is 0 Å². The molecule has 7 nitrogen and oxygen atoms in total. The molecule has 0 spiro atoms. The van der Waals surface area contributed by atoms with Gasteiger partial charge in [0.1, 0.15) is 5.82 Å². The molecular formula is C16H20N6OS. The maximum atomic E-state index is 12.0. The predicted molar refractivity (Wildman–Crippen MR) is 94.1 cm³/mol. The molecule has 1 amide bonds. The van der Waals surface area contributed by atoms with E-state index in [0.29, 0.717) is 18.9 Å². The van der Waals surface area contributed by atoms with Gasteiger partial charge in [0.05, 0.1) is 32.0 Å². The Bertz CT molecular complexity index is 776. The summed E-state index contributed by atoms with van der Waals surface area (Å²) in [6.45, 7) is 4.33. The van der Waals surface area contributed by atoms with Crippen molar-refractivity contribution in [2.45, 2.75) is 20.0 Å². The summed E-state index contributed by atoms with van der Waals surface area (Å²) in [6, 6.07) is 5.86. The molecule has 3 aromatic rings. The van der Waals surface area contributed by atoms with Crippen LogP contribution in [0.15, 0.2) is 42.2 Å². The highest BCUT2D eigenvalue weighted by molar-refractivity contribution is 7.09. The zero-order valence-corrected chi connectivity index (χ0v) is 14.3. The van der Waals surface area contributed by atoms with Gasteiger partial charge in [-0.1, -0.05) is 6.07 Å². The second kappa shape index (κ2) is 7.89. The molecule has 0 atom stereocenters. The number of carbonyl (C=O) groups is 1. The molecule has 0 saturated carbocycles. The molecule has 126 valence electrons. The number of anilines is 1. The number of aromatic nitrogens is 4. The highest BCUT2D eigenvalue weighted by Crippen LogP contribution is 2.14. The van der Waals surface area contributed by atoms with Crippen LogP contribution in [-0.4, -0.2) is 38.6 Å². The Morgan fingerprint density at radius 1 is 1.33 bits per heavy atom. The number of amides is 1. The number of nitrogens with one attached hydrogen (secondary N) is 2. The fraction of sp³-hybridized carbons (Fsp3) is 0.312. The summed E-state index contributed by atoms with van der Waals surface area (Å²) in [4.78, 5) is 13.2. The van der Waals surface area contributed by atoms with E-state index in [0.717, 1.165) is 12.1 Å². The largest absolute Gasteiger partial charge is 0.310 e. The van der Waals surface area contributed by atoms with E-state index < -0.39 is 0 Å². The Morgan fingerprint density at radius 3 is 3.00 bits per heavy atom. The molecule has 0 aliphatic carbocycles. The number of hydrogen-bond acceptors (Lipinski definition) is 5. The van der Waals surface area contributed by atoms with Crippen molar-refractivity contribution in [1.29, 1.82) is 0 Å². The Morgan fingerprint density at radius 2 is 2.25 bits per heavy atom. The van der Waals surface area contributed by atoms with Gasteiger partial charge >= 0.3 is 0 Å². The molecule has 0 fully saturated rings. The van der Waals surface area contributed by atoms with Crippen molar-refractivity contribution in [2.75, 3.05) is 18.4 Å². The van der Waals surface area contributed by atoms with E-state index in [1.165, 1.54) is 4.88 Å². The van der Waals surface area contributed by atoms with Gasteiger partial charge in [0.25, 0.3) is 0 Å². The normalized spacial score (nSPS) is 10.9. The first-order valence-corrected chi connectivity index (χ1v) is 8.62. The van der Waals surface area contributed by atoms with E-state index in [2.05, 4.69) is 26.9 Å².